The first-order chi connectivity index (χ1) is 9.56. The Morgan fingerprint density at radius 2 is 1.90 bits per heavy atom. The van der Waals surface area contributed by atoms with Crippen LogP contribution in [0.15, 0.2) is 18.2 Å². The average molecular weight is 316 g/mol. The molecule has 1 aromatic carbocycles. The molecule has 0 atom stereocenters. The zero-order valence-electron chi connectivity index (χ0n) is 12.3. The summed E-state index contributed by atoms with van der Waals surface area (Å²) in [5.74, 6) is 0.395. The van der Waals surface area contributed by atoms with Gasteiger partial charge in [-0.25, -0.2) is 0 Å². The predicted octanol–water partition coefficient (Wildman–Crippen LogP) is 1.94. The second-order valence-electron chi connectivity index (χ2n) is 4.31. The summed E-state index contributed by atoms with van der Waals surface area (Å²) in [7, 11) is 1.53. The smallest absolute Gasteiger partial charge is 0.224 e. The van der Waals surface area contributed by atoms with Gasteiger partial charge in [0.15, 0.2) is 0 Å². The summed E-state index contributed by atoms with van der Waals surface area (Å²) < 4.78 is 5.04. The Bertz CT molecular complexity index is 481. The number of rotatable bonds is 7. The first kappa shape index (κ1) is 19.1. The predicted molar refractivity (Wildman–Crippen MR) is 85.8 cm³/mol. The van der Waals surface area contributed by atoms with Crippen molar-refractivity contribution in [3.63, 3.8) is 0 Å². The summed E-state index contributed by atoms with van der Waals surface area (Å²) in [6, 6.07) is 5.05. The van der Waals surface area contributed by atoms with Crippen LogP contribution in [0.2, 0.25) is 0 Å². The molecule has 0 bridgehead atoms. The summed E-state index contributed by atoms with van der Waals surface area (Å²) in [5.41, 5.74) is 6.83. The third-order valence-electron chi connectivity index (χ3n) is 2.70. The van der Waals surface area contributed by atoms with E-state index < -0.39 is 0 Å². The number of nitrogen functional groups attached to an aromatic ring is 1. The van der Waals surface area contributed by atoms with Gasteiger partial charge in [-0.1, -0.05) is 0 Å². The molecule has 0 aliphatic carbocycles. The standard InChI is InChI=1S/C14H21N3O3.ClH/c1-3-16-13(18)5-4-6-14(19)17-10-7-8-12(20-2)11(15)9-10;/h7-9H,3-6,15H2,1-2H3,(H,16,18)(H,17,19);1H. The molecule has 21 heavy (non-hydrogen) atoms. The van der Waals surface area contributed by atoms with E-state index in [0.717, 1.165) is 0 Å². The lowest BCUT2D eigenvalue weighted by atomic mass is 10.2. The van der Waals surface area contributed by atoms with Crippen molar-refractivity contribution in [1.82, 2.24) is 5.32 Å². The number of amides is 2. The van der Waals surface area contributed by atoms with Gasteiger partial charge in [0.05, 0.1) is 12.8 Å². The van der Waals surface area contributed by atoms with Crippen LogP contribution in [0.25, 0.3) is 0 Å². The number of halogens is 1. The molecule has 0 aliphatic heterocycles. The number of hydrogen-bond donors (Lipinski definition) is 3. The topological polar surface area (TPSA) is 93.5 Å². The summed E-state index contributed by atoms with van der Waals surface area (Å²) >= 11 is 0. The number of anilines is 2. The highest BCUT2D eigenvalue weighted by atomic mass is 35.5. The van der Waals surface area contributed by atoms with E-state index in [1.807, 2.05) is 6.92 Å². The fourth-order valence-corrected chi connectivity index (χ4v) is 1.73. The van der Waals surface area contributed by atoms with Crippen LogP contribution in [0, 0.1) is 0 Å². The maximum Gasteiger partial charge on any atom is 0.224 e. The Morgan fingerprint density at radius 1 is 1.24 bits per heavy atom. The molecule has 1 rings (SSSR count). The molecular weight excluding hydrogens is 294 g/mol. The zero-order valence-corrected chi connectivity index (χ0v) is 13.1. The first-order valence-corrected chi connectivity index (χ1v) is 6.57. The Hall–Kier alpha value is -1.95. The average Bonchev–Trinajstić information content (AvgIpc) is 2.39. The molecule has 7 heteroatoms. The molecule has 0 fully saturated rings. The van der Waals surface area contributed by atoms with Crippen LogP contribution < -0.4 is 21.1 Å². The van der Waals surface area contributed by atoms with E-state index >= 15 is 0 Å². The quantitative estimate of drug-likeness (QED) is 0.670. The molecule has 2 amide bonds. The van der Waals surface area contributed by atoms with Gasteiger partial charge in [-0.15, -0.1) is 12.4 Å². The molecule has 0 saturated heterocycles. The van der Waals surface area contributed by atoms with Crippen LogP contribution in [0.3, 0.4) is 0 Å². The number of nitrogens with two attached hydrogens (primary N) is 1. The minimum atomic E-state index is -0.140. The van der Waals surface area contributed by atoms with Crippen molar-refractivity contribution in [2.75, 3.05) is 24.7 Å². The molecule has 0 unspecified atom stereocenters. The maximum atomic E-state index is 11.7. The highest BCUT2D eigenvalue weighted by molar-refractivity contribution is 5.91. The highest BCUT2D eigenvalue weighted by Gasteiger charge is 2.06. The van der Waals surface area contributed by atoms with Crippen LogP contribution >= 0.6 is 12.4 Å². The molecule has 4 N–H and O–H groups in total. The molecule has 118 valence electrons. The van der Waals surface area contributed by atoms with Gasteiger partial charge in [0.25, 0.3) is 0 Å². The summed E-state index contributed by atoms with van der Waals surface area (Å²) in [4.78, 5) is 22.9. The molecule has 6 nitrogen and oxygen atoms in total. The van der Waals surface area contributed by atoms with Crippen LogP contribution in [0.1, 0.15) is 26.2 Å². The van der Waals surface area contributed by atoms with Crippen molar-refractivity contribution in [2.45, 2.75) is 26.2 Å². The van der Waals surface area contributed by atoms with E-state index in [9.17, 15) is 9.59 Å². The molecule has 1 aromatic rings. The largest absolute Gasteiger partial charge is 0.495 e. The van der Waals surface area contributed by atoms with Crippen LogP contribution in [0.5, 0.6) is 5.75 Å². The molecular formula is C14H22ClN3O3. The number of nitrogens with one attached hydrogen (secondary N) is 2. The van der Waals surface area contributed by atoms with E-state index in [1.54, 1.807) is 18.2 Å². The molecule has 0 spiro atoms. The number of methoxy groups -OCH3 is 1. The van der Waals surface area contributed by atoms with Gasteiger partial charge in [-0.05, 0) is 31.5 Å². The lowest BCUT2D eigenvalue weighted by Gasteiger charge is -2.08. The fourth-order valence-electron chi connectivity index (χ4n) is 1.73. The summed E-state index contributed by atoms with van der Waals surface area (Å²) in [5, 5.41) is 5.42. The Morgan fingerprint density at radius 3 is 2.48 bits per heavy atom. The number of hydrogen-bond acceptors (Lipinski definition) is 4. The van der Waals surface area contributed by atoms with Gasteiger partial charge >= 0.3 is 0 Å². The zero-order chi connectivity index (χ0) is 15.0. The number of carbonyl (C=O) groups is 2. The Labute approximate surface area is 130 Å². The van der Waals surface area contributed by atoms with E-state index in [4.69, 9.17) is 10.5 Å². The molecule has 0 aliphatic rings. The van der Waals surface area contributed by atoms with Crippen LogP contribution in [-0.2, 0) is 9.59 Å². The van der Waals surface area contributed by atoms with Crippen molar-refractivity contribution in [3.05, 3.63) is 18.2 Å². The van der Waals surface area contributed by atoms with Gasteiger partial charge in [0.2, 0.25) is 11.8 Å². The number of ether oxygens (including phenoxy) is 1. The lowest BCUT2D eigenvalue weighted by molar-refractivity contribution is -0.121. The fraction of sp³-hybridized carbons (Fsp3) is 0.429. The minimum Gasteiger partial charge on any atom is -0.495 e. The van der Waals surface area contributed by atoms with Gasteiger partial charge < -0.3 is 21.1 Å². The Balaban J connectivity index is 0.00000400. The van der Waals surface area contributed by atoms with Crippen molar-refractivity contribution >= 4 is 35.6 Å². The number of carbonyl (C=O) groups excluding carboxylic acids is 2. The normalized spacial score (nSPS) is 9.43. The van der Waals surface area contributed by atoms with Crippen LogP contribution in [-0.4, -0.2) is 25.5 Å². The third kappa shape index (κ3) is 6.85. The first-order valence-electron chi connectivity index (χ1n) is 6.57. The van der Waals surface area contributed by atoms with E-state index in [-0.39, 0.29) is 24.2 Å². The molecule has 0 aromatic heterocycles. The summed E-state index contributed by atoms with van der Waals surface area (Å²) in [6.45, 7) is 2.47. The van der Waals surface area contributed by atoms with Crippen molar-refractivity contribution in [1.29, 1.82) is 0 Å². The second-order valence-corrected chi connectivity index (χ2v) is 4.31. The Kier molecular flexibility index (Phi) is 8.96. The van der Waals surface area contributed by atoms with E-state index in [1.165, 1.54) is 7.11 Å². The van der Waals surface area contributed by atoms with Crippen molar-refractivity contribution in [2.24, 2.45) is 0 Å². The lowest BCUT2D eigenvalue weighted by Crippen LogP contribution is -2.22. The SMILES string of the molecule is CCNC(=O)CCCC(=O)Nc1ccc(OC)c(N)c1.Cl. The minimum absolute atomic E-state index is 0. The van der Waals surface area contributed by atoms with E-state index in [0.29, 0.717) is 42.9 Å². The van der Waals surface area contributed by atoms with Crippen molar-refractivity contribution < 1.29 is 14.3 Å². The van der Waals surface area contributed by atoms with Crippen LogP contribution in [0.4, 0.5) is 11.4 Å². The monoisotopic (exact) mass is 315 g/mol. The molecule has 0 radical (unpaired) electrons. The van der Waals surface area contributed by atoms with Gasteiger partial charge in [-0.2, -0.15) is 0 Å². The summed E-state index contributed by atoms with van der Waals surface area (Å²) in [6.07, 6.45) is 1.17. The van der Waals surface area contributed by atoms with Gasteiger partial charge in [-0.3, -0.25) is 9.59 Å². The highest BCUT2D eigenvalue weighted by Crippen LogP contribution is 2.24. The van der Waals surface area contributed by atoms with E-state index in [2.05, 4.69) is 10.6 Å². The maximum absolute atomic E-state index is 11.7. The van der Waals surface area contributed by atoms with Gasteiger partial charge in [0.1, 0.15) is 5.75 Å². The van der Waals surface area contributed by atoms with Crippen molar-refractivity contribution in [3.8, 4) is 5.75 Å². The molecule has 0 saturated carbocycles. The molecule has 0 heterocycles. The number of benzene rings is 1. The van der Waals surface area contributed by atoms with Gasteiger partial charge in [0, 0.05) is 25.1 Å². The third-order valence-corrected chi connectivity index (χ3v) is 2.70. The second kappa shape index (κ2) is 9.88.